The van der Waals surface area contributed by atoms with Gasteiger partial charge in [0.25, 0.3) is 10.1 Å². The number of hydrogen-bond acceptors (Lipinski definition) is 9. The first-order chi connectivity index (χ1) is 11.2. The highest BCUT2D eigenvalue weighted by Crippen LogP contribution is 2.68. The average Bonchev–Trinajstić information content (AvgIpc) is 3.05. The maximum Gasteiger partial charge on any atom is 0.344 e. The van der Waals surface area contributed by atoms with E-state index in [0.29, 0.717) is 0 Å². The second-order valence-corrected chi connectivity index (χ2v) is 8.20. The van der Waals surface area contributed by atoms with Crippen LogP contribution in [-0.4, -0.2) is 67.8 Å². The van der Waals surface area contributed by atoms with Crippen LogP contribution in [0.5, 0.6) is 0 Å². The molecule has 1 heterocycles. The lowest BCUT2D eigenvalue weighted by Crippen LogP contribution is -2.51. The van der Waals surface area contributed by atoms with E-state index in [1.807, 2.05) is 0 Å². The van der Waals surface area contributed by atoms with Gasteiger partial charge in [0.05, 0.1) is 19.3 Å². The molecule has 2 aliphatic carbocycles. The summed E-state index contributed by atoms with van der Waals surface area (Å²) in [6, 6.07) is 0. The first kappa shape index (κ1) is 17.3. The summed E-state index contributed by atoms with van der Waals surface area (Å²) in [7, 11) is -4.05. The summed E-state index contributed by atoms with van der Waals surface area (Å²) in [6.07, 6.45) is -0.705. The summed E-state index contributed by atoms with van der Waals surface area (Å²) in [5.74, 6) is -1.76. The third-order valence-electron chi connectivity index (χ3n) is 5.29. The zero-order valence-electron chi connectivity index (χ0n) is 12.7. The number of rotatable bonds is 6. The SMILES string of the molecule is C=CC(=O)OCC(=O)OC1C2C3(CO)CC1(CO)CC3OS2(=O)=O. The largest absolute Gasteiger partial charge is 0.458 e. The minimum absolute atomic E-state index is 0.157. The standard InChI is InChI=1S/C14H18O9S/c1-2-9(17)21-4-10(18)22-11-12-14(7-16)5-13(11,6-15)3-8(14)23-24(12,19)20/h2,8,11-12,15-16H,1,3-7H2. The molecule has 3 fully saturated rings. The van der Waals surface area contributed by atoms with Crippen molar-refractivity contribution in [2.45, 2.75) is 30.3 Å². The van der Waals surface area contributed by atoms with E-state index < -0.39 is 70.2 Å². The normalized spacial score (nSPS) is 41.2. The molecule has 0 aromatic heterocycles. The quantitative estimate of drug-likeness (QED) is 0.328. The molecule has 134 valence electrons. The molecule has 2 N–H and O–H groups in total. The van der Waals surface area contributed by atoms with Crippen LogP contribution in [0.2, 0.25) is 0 Å². The molecule has 5 atom stereocenters. The van der Waals surface area contributed by atoms with E-state index in [-0.39, 0.29) is 12.8 Å². The molecule has 3 aliphatic rings. The molecule has 2 bridgehead atoms. The van der Waals surface area contributed by atoms with Crippen LogP contribution < -0.4 is 0 Å². The van der Waals surface area contributed by atoms with Gasteiger partial charge in [-0.25, -0.2) is 9.59 Å². The van der Waals surface area contributed by atoms with Gasteiger partial charge >= 0.3 is 11.9 Å². The second kappa shape index (κ2) is 5.51. The summed E-state index contributed by atoms with van der Waals surface area (Å²) in [6.45, 7) is 1.61. The number of hydrogen-bond donors (Lipinski definition) is 2. The highest BCUT2D eigenvalue weighted by atomic mass is 32.2. The molecule has 0 radical (unpaired) electrons. The minimum Gasteiger partial charge on any atom is -0.458 e. The summed E-state index contributed by atoms with van der Waals surface area (Å²) in [5.41, 5.74) is -2.09. The predicted molar refractivity (Wildman–Crippen MR) is 76.9 cm³/mol. The van der Waals surface area contributed by atoms with Gasteiger partial charge in [-0.3, -0.25) is 4.18 Å². The lowest BCUT2D eigenvalue weighted by Gasteiger charge is -2.36. The second-order valence-electron chi connectivity index (χ2n) is 6.51. The van der Waals surface area contributed by atoms with Gasteiger partial charge in [-0.2, -0.15) is 8.42 Å². The molecule has 2 saturated carbocycles. The van der Waals surface area contributed by atoms with Crippen LogP contribution in [0.3, 0.4) is 0 Å². The molecule has 5 unspecified atom stereocenters. The van der Waals surface area contributed by atoms with Crippen LogP contribution in [-0.2, 0) is 33.4 Å². The summed E-state index contributed by atoms with van der Waals surface area (Å²) in [4.78, 5) is 22.9. The van der Waals surface area contributed by atoms with Crippen LogP contribution in [0.4, 0.5) is 0 Å². The molecule has 0 aromatic rings. The van der Waals surface area contributed by atoms with Crippen molar-refractivity contribution in [3.63, 3.8) is 0 Å². The van der Waals surface area contributed by atoms with Gasteiger partial charge in [0.2, 0.25) is 0 Å². The molecule has 24 heavy (non-hydrogen) atoms. The highest BCUT2D eigenvalue weighted by Gasteiger charge is 2.79. The number of aliphatic hydroxyl groups excluding tert-OH is 2. The maximum absolute atomic E-state index is 12.3. The molecule has 0 spiro atoms. The van der Waals surface area contributed by atoms with Crippen molar-refractivity contribution in [1.82, 2.24) is 0 Å². The molecule has 1 saturated heterocycles. The van der Waals surface area contributed by atoms with Gasteiger partial charge < -0.3 is 19.7 Å². The van der Waals surface area contributed by atoms with Gasteiger partial charge in [-0.15, -0.1) is 0 Å². The Bertz CT molecular complexity index is 686. The van der Waals surface area contributed by atoms with E-state index in [4.69, 9.17) is 8.92 Å². The van der Waals surface area contributed by atoms with E-state index in [2.05, 4.69) is 11.3 Å². The Kier molecular flexibility index (Phi) is 3.98. The fraction of sp³-hybridized carbons (Fsp3) is 0.714. The Balaban J connectivity index is 1.86. The fourth-order valence-electron chi connectivity index (χ4n) is 4.34. The van der Waals surface area contributed by atoms with Gasteiger partial charge in [-0.1, -0.05) is 6.58 Å². The summed E-state index contributed by atoms with van der Waals surface area (Å²) < 4.78 is 39.5. The molecular weight excluding hydrogens is 344 g/mol. The summed E-state index contributed by atoms with van der Waals surface area (Å²) in [5, 5.41) is 18.3. The van der Waals surface area contributed by atoms with Crippen molar-refractivity contribution in [3.05, 3.63) is 12.7 Å². The zero-order chi connectivity index (χ0) is 17.8. The number of aliphatic hydroxyl groups is 2. The predicted octanol–water partition coefficient (Wildman–Crippen LogP) is -1.51. The van der Waals surface area contributed by atoms with E-state index >= 15 is 0 Å². The van der Waals surface area contributed by atoms with E-state index in [9.17, 15) is 28.2 Å². The van der Waals surface area contributed by atoms with Gasteiger partial charge in [-0.05, 0) is 12.8 Å². The van der Waals surface area contributed by atoms with E-state index in [0.717, 1.165) is 6.08 Å². The Morgan fingerprint density at radius 2 is 2.04 bits per heavy atom. The summed E-state index contributed by atoms with van der Waals surface area (Å²) >= 11 is 0. The Morgan fingerprint density at radius 1 is 1.33 bits per heavy atom. The maximum atomic E-state index is 12.3. The lowest BCUT2D eigenvalue weighted by atomic mass is 9.78. The molecule has 1 aliphatic heterocycles. The highest BCUT2D eigenvalue weighted by molar-refractivity contribution is 7.87. The smallest absolute Gasteiger partial charge is 0.344 e. The number of carbonyl (C=O) groups is 2. The van der Waals surface area contributed by atoms with Crippen LogP contribution in [0.15, 0.2) is 12.7 Å². The van der Waals surface area contributed by atoms with Crippen molar-refractivity contribution >= 4 is 22.1 Å². The first-order valence-corrected chi connectivity index (χ1v) is 8.84. The van der Waals surface area contributed by atoms with Crippen LogP contribution in [0, 0.1) is 10.8 Å². The Morgan fingerprint density at radius 3 is 2.62 bits per heavy atom. The van der Waals surface area contributed by atoms with Crippen molar-refractivity contribution < 1.29 is 41.9 Å². The number of carbonyl (C=O) groups excluding carboxylic acids is 2. The minimum atomic E-state index is -4.05. The molecule has 3 rings (SSSR count). The van der Waals surface area contributed by atoms with Gasteiger partial charge in [0.1, 0.15) is 11.4 Å². The molecule has 0 aromatic carbocycles. The zero-order valence-corrected chi connectivity index (χ0v) is 13.5. The van der Waals surface area contributed by atoms with Crippen molar-refractivity contribution in [1.29, 1.82) is 0 Å². The topological polar surface area (TPSA) is 136 Å². The third-order valence-corrected chi connectivity index (χ3v) is 7.13. The number of fused-ring (bicyclic) bond motifs is 1. The van der Waals surface area contributed by atoms with Crippen molar-refractivity contribution in [3.8, 4) is 0 Å². The van der Waals surface area contributed by atoms with Crippen molar-refractivity contribution in [2.24, 2.45) is 10.8 Å². The van der Waals surface area contributed by atoms with Gasteiger partial charge in [0, 0.05) is 16.9 Å². The Labute approximate surface area is 138 Å². The lowest BCUT2D eigenvalue weighted by molar-refractivity contribution is -0.167. The van der Waals surface area contributed by atoms with Crippen molar-refractivity contribution in [2.75, 3.05) is 19.8 Å². The Hall–Kier alpha value is -1.49. The molecular formula is C14H18O9S. The first-order valence-electron chi connectivity index (χ1n) is 7.37. The van der Waals surface area contributed by atoms with E-state index in [1.165, 1.54) is 0 Å². The number of ether oxygens (including phenoxy) is 2. The number of esters is 2. The van der Waals surface area contributed by atoms with Crippen LogP contribution in [0.25, 0.3) is 0 Å². The monoisotopic (exact) mass is 362 g/mol. The van der Waals surface area contributed by atoms with Gasteiger partial charge in [0.15, 0.2) is 6.61 Å². The van der Waals surface area contributed by atoms with Crippen LogP contribution in [0.1, 0.15) is 12.8 Å². The third kappa shape index (κ3) is 2.20. The van der Waals surface area contributed by atoms with E-state index in [1.54, 1.807) is 0 Å². The molecule has 0 amide bonds. The average molecular weight is 362 g/mol. The van der Waals surface area contributed by atoms with Crippen LogP contribution >= 0.6 is 0 Å². The molecule has 9 nitrogen and oxygen atoms in total. The molecule has 10 heteroatoms. The fourth-order valence-corrected chi connectivity index (χ4v) is 6.57.